The monoisotopic (exact) mass is 378 g/mol. The third-order valence-electron chi connectivity index (χ3n) is 3.75. The highest BCUT2D eigenvalue weighted by Crippen LogP contribution is 2.27. The molecule has 0 spiro atoms. The molecular weight excluding hydrogens is 332 g/mol. The number of aldehydes is 1. The predicted molar refractivity (Wildman–Crippen MR) is 121 cm³/mol. The fourth-order valence-corrected chi connectivity index (χ4v) is 2.56. The van der Waals surface area contributed by atoms with E-state index in [4.69, 9.17) is 4.74 Å². The molecule has 158 valence electrons. The molecule has 0 aliphatic heterocycles. The van der Waals surface area contributed by atoms with Gasteiger partial charge in [-0.15, -0.1) is 0 Å². The number of rotatable bonds is 5. The molecule has 0 fully saturated rings. The Hall–Kier alpha value is -1.15. The zero-order chi connectivity index (χ0) is 21.7. The summed E-state index contributed by atoms with van der Waals surface area (Å²) in [6.07, 6.45) is 4.51. The van der Waals surface area contributed by atoms with Crippen LogP contribution in [-0.4, -0.2) is 20.0 Å². The molecule has 2 heteroatoms. The summed E-state index contributed by atoms with van der Waals surface area (Å²) >= 11 is 0. The van der Waals surface area contributed by atoms with E-state index in [9.17, 15) is 4.79 Å². The van der Waals surface area contributed by atoms with Crippen LogP contribution in [0.15, 0.2) is 18.2 Å². The topological polar surface area (TPSA) is 26.3 Å². The first-order valence-corrected chi connectivity index (χ1v) is 10.3. The van der Waals surface area contributed by atoms with Gasteiger partial charge in [0.2, 0.25) is 0 Å². The third kappa shape index (κ3) is 18.0. The number of carbonyl (C=O) groups excluding carboxylic acids is 1. The predicted octanol–water partition coefficient (Wildman–Crippen LogP) is 7.19. The molecule has 2 nitrogen and oxygen atoms in total. The van der Waals surface area contributed by atoms with Gasteiger partial charge in [0.1, 0.15) is 6.29 Å². The molecule has 1 unspecified atom stereocenters. The first-order chi connectivity index (χ1) is 12.3. The van der Waals surface area contributed by atoms with E-state index < -0.39 is 0 Å². The second kappa shape index (κ2) is 13.9. The fraction of sp³-hybridized carbons (Fsp3) is 0.720. The van der Waals surface area contributed by atoms with Crippen LogP contribution in [-0.2, 0) is 16.0 Å². The van der Waals surface area contributed by atoms with E-state index in [1.54, 1.807) is 7.11 Å². The maximum atomic E-state index is 9.83. The van der Waals surface area contributed by atoms with Crippen molar-refractivity contribution < 1.29 is 9.53 Å². The van der Waals surface area contributed by atoms with Crippen molar-refractivity contribution in [3.63, 3.8) is 0 Å². The molecule has 27 heavy (non-hydrogen) atoms. The summed E-state index contributed by atoms with van der Waals surface area (Å²) in [5, 5.41) is 0. The van der Waals surface area contributed by atoms with Crippen LogP contribution in [0.25, 0.3) is 0 Å². The molecule has 0 aliphatic rings. The standard InChI is InChI=1S/C17H28O.C5H10O.C3H8/c1-13-7-8-15(9-14(13)2)10-16(12-18-6)11-17(3,4)5;1-5(2,3)4-6;1-3-2/h7-9,16H,10-12H2,1-6H3;4H,1-3H3;3H2,1-2H3. The lowest BCUT2D eigenvalue weighted by atomic mass is 9.82. The highest BCUT2D eigenvalue weighted by atomic mass is 16.5. The Morgan fingerprint density at radius 2 is 1.48 bits per heavy atom. The summed E-state index contributed by atoms with van der Waals surface area (Å²) in [4.78, 5) is 9.83. The van der Waals surface area contributed by atoms with Gasteiger partial charge in [0.15, 0.2) is 0 Å². The number of ether oxygens (including phenoxy) is 1. The Morgan fingerprint density at radius 3 is 1.81 bits per heavy atom. The molecule has 0 bridgehead atoms. The number of benzene rings is 1. The van der Waals surface area contributed by atoms with Gasteiger partial charge >= 0.3 is 0 Å². The quantitative estimate of drug-likeness (QED) is 0.507. The second-order valence-electron chi connectivity index (χ2n) is 9.90. The maximum Gasteiger partial charge on any atom is 0.125 e. The Bertz CT molecular complexity index is 504. The van der Waals surface area contributed by atoms with Gasteiger partial charge in [-0.1, -0.05) is 80.0 Å². The van der Waals surface area contributed by atoms with Crippen molar-refractivity contribution in [1.29, 1.82) is 0 Å². The summed E-state index contributed by atoms with van der Waals surface area (Å²) < 4.78 is 5.38. The van der Waals surface area contributed by atoms with Crippen molar-refractivity contribution in [3.8, 4) is 0 Å². The van der Waals surface area contributed by atoms with Crippen LogP contribution < -0.4 is 0 Å². The summed E-state index contributed by atoms with van der Waals surface area (Å²) in [7, 11) is 1.80. The SMILES string of the molecule is CC(C)(C)C=O.CCC.COCC(Cc1ccc(C)c(C)c1)CC(C)(C)C. The van der Waals surface area contributed by atoms with E-state index in [1.807, 2.05) is 20.8 Å². The van der Waals surface area contributed by atoms with Crippen molar-refractivity contribution in [3.05, 3.63) is 34.9 Å². The normalized spacial score (nSPS) is 12.3. The van der Waals surface area contributed by atoms with Crippen molar-refractivity contribution in [2.45, 2.75) is 88.5 Å². The van der Waals surface area contributed by atoms with Gasteiger partial charge in [-0.2, -0.15) is 0 Å². The van der Waals surface area contributed by atoms with Gasteiger partial charge in [0.05, 0.1) is 0 Å². The highest BCUT2D eigenvalue weighted by Gasteiger charge is 2.19. The molecule has 0 saturated carbocycles. The molecule has 0 aromatic heterocycles. The smallest absolute Gasteiger partial charge is 0.125 e. The molecule has 1 aromatic carbocycles. The van der Waals surface area contributed by atoms with Crippen LogP contribution in [0.4, 0.5) is 0 Å². The summed E-state index contributed by atoms with van der Waals surface area (Å²) in [5.41, 5.74) is 4.42. The van der Waals surface area contributed by atoms with Crippen molar-refractivity contribution in [1.82, 2.24) is 0 Å². The molecule has 0 radical (unpaired) electrons. The first kappa shape index (κ1) is 28.1. The molecular formula is C25H46O2. The van der Waals surface area contributed by atoms with E-state index in [1.165, 1.54) is 29.5 Å². The Labute approximate surface area is 170 Å². The van der Waals surface area contributed by atoms with Crippen LogP contribution in [0.2, 0.25) is 0 Å². The van der Waals surface area contributed by atoms with Crippen LogP contribution in [0.1, 0.15) is 84.9 Å². The minimum Gasteiger partial charge on any atom is -0.384 e. The van der Waals surface area contributed by atoms with Crippen LogP contribution in [0.3, 0.4) is 0 Å². The largest absolute Gasteiger partial charge is 0.384 e. The zero-order valence-corrected chi connectivity index (χ0v) is 20.0. The van der Waals surface area contributed by atoms with Gasteiger partial charge in [0, 0.05) is 19.1 Å². The zero-order valence-electron chi connectivity index (χ0n) is 20.0. The lowest BCUT2D eigenvalue weighted by Gasteiger charge is -2.25. The minimum atomic E-state index is -0.139. The highest BCUT2D eigenvalue weighted by molar-refractivity contribution is 5.56. The molecule has 1 atom stereocenters. The molecule has 1 aromatic rings. The summed E-state index contributed by atoms with van der Waals surface area (Å²) in [6, 6.07) is 6.81. The van der Waals surface area contributed by atoms with Crippen molar-refractivity contribution >= 4 is 6.29 Å². The van der Waals surface area contributed by atoms with E-state index >= 15 is 0 Å². The lowest BCUT2D eigenvalue weighted by Crippen LogP contribution is -2.19. The summed E-state index contributed by atoms with van der Waals surface area (Å²) in [6.45, 7) is 22.0. The van der Waals surface area contributed by atoms with E-state index in [0.717, 1.165) is 19.3 Å². The van der Waals surface area contributed by atoms with E-state index in [0.29, 0.717) is 11.3 Å². The van der Waals surface area contributed by atoms with E-state index in [2.05, 4.69) is 66.7 Å². The van der Waals surface area contributed by atoms with Crippen LogP contribution >= 0.6 is 0 Å². The van der Waals surface area contributed by atoms with Gasteiger partial charge < -0.3 is 9.53 Å². The Kier molecular flexibility index (Phi) is 14.5. The molecule has 0 N–H and O–H groups in total. The van der Waals surface area contributed by atoms with Crippen LogP contribution in [0, 0.1) is 30.6 Å². The Balaban J connectivity index is 0. The average Bonchev–Trinajstić information content (AvgIpc) is 2.50. The number of aryl methyl sites for hydroxylation is 2. The number of methoxy groups -OCH3 is 1. The van der Waals surface area contributed by atoms with Crippen LogP contribution in [0.5, 0.6) is 0 Å². The molecule has 0 aliphatic carbocycles. The third-order valence-corrected chi connectivity index (χ3v) is 3.75. The fourth-order valence-electron chi connectivity index (χ4n) is 2.56. The van der Waals surface area contributed by atoms with Gasteiger partial charge in [-0.3, -0.25) is 0 Å². The minimum absolute atomic E-state index is 0.139. The summed E-state index contributed by atoms with van der Waals surface area (Å²) in [5.74, 6) is 0.608. The van der Waals surface area contributed by atoms with Crippen molar-refractivity contribution in [2.75, 3.05) is 13.7 Å². The number of hydrogen-bond acceptors (Lipinski definition) is 2. The van der Waals surface area contributed by atoms with E-state index in [-0.39, 0.29) is 5.41 Å². The molecule has 0 amide bonds. The number of hydrogen-bond donors (Lipinski definition) is 0. The second-order valence-corrected chi connectivity index (χ2v) is 9.90. The van der Waals surface area contributed by atoms with Crippen molar-refractivity contribution in [2.24, 2.45) is 16.7 Å². The molecule has 1 rings (SSSR count). The molecule has 0 heterocycles. The number of carbonyl (C=O) groups is 1. The van der Waals surface area contributed by atoms with Gasteiger partial charge in [-0.05, 0) is 54.7 Å². The maximum absolute atomic E-state index is 9.83. The Morgan fingerprint density at radius 1 is 1.00 bits per heavy atom. The van der Waals surface area contributed by atoms with Gasteiger partial charge in [-0.25, -0.2) is 0 Å². The lowest BCUT2D eigenvalue weighted by molar-refractivity contribution is -0.113. The van der Waals surface area contributed by atoms with Gasteiger partial charge in [0.25, 0.3) is 0 Å². The first-order valence-electron chi connectivity index (χ1n) is 10.3. The molecule has 0 saturated heterocycles. The average molecular weight is 379 g/mol.